The number of fused-ring (bicyclic) bond motifs is 1. The third kappa shape index (κ3) is 4.00. The molecule has 0 bridgehead atoms. The summed E-state index contributed by atoms with van der Waals surface area (Å²) in [7, 11) is 1.68. The summed E-state index contributed by atoms with van der Waals surface area (Å²) in [6.45, 7) is 1.11. The van der Waals surface area contributed by atoms with Crippen LogP contribution in [0.5, 0.6) is 0 Å². The molecule has 25 heavy (non-hydrogen) atoms. The van der Waals surface area contributed by atoms with Crippen molar-refractivity contribution >= 4 is 22.8 Å². The number of nitrogens with one attached hydrogen (secondary N) is 1. The van der Waals surface area contributed by atoms with Crippen LogP contribution in [0.3, 0.4) is 0 Å². The van der Waals surface area contributed by atoms with Gasteiger partial charge in [0.25, 0.3) is 0 Å². The van der Waals surface area contributed by atoms with Gasteiger partial charge in [0.15, 0.2) is 0 Å². The Bertz CT molecular complexity index is 770. The van der Waals surface area contributed by atoms with E-state index in [9.17, 15) is 14.7 Å². The summed E-state index contributed by atoms with van der Waals surface area (Å²) in [6.07, 6.45) is 3.24. The molecular formula is C18H22N2O5. The van der Waals surface area contributed by atoms with Gasteiger partial charge in [0.2, 0.25) is 5.91 Å². The predicted molar refractivity (Wildman–Crippen MR) is 91.7 cm³/mol. The SMILES string of the molecule is CO[C@@H]1CCO[C@H](CNC(=O)Cn2cc(C(=O)O)c3ccccc32)C1. The summed E-state index contributed by atoms with van der Waals surface area (Å²) < 4.78 is 12.6. The van der Waals surface area contributed by atoms with Crippen LogP contribution in [0.1, 0.15) is 23.2 Å². The number of amides is 1. The van der Waals surface area contributed by atoms with Crippen LogP contribution in [-0.4, -0.2) is 54.0 Å². The number of aromatic carboxylic acids is 1. The standard InChI is InChI=1S/C18H22N2O5/c1-24-12-6-7-25-13(8-12)9-19-17(21)11-20-10-15(18(22)23)14-4-2-3-5-16(14)20/h2-5,10,12-13H,6-9,11H2,1H3,(H,19,21)(H,22,23)/t12-,13+/m1/s1. The summed E-state index contributed by atoms with van der Waals surface area (Å²) in [5, 5.41) is 12.8. The number of carboxylic acid groups (broad SMARTS) is 1. The number of methoxy groups -OCH3 is 1. The maximum absolute atomic E-state index is 12.3. The zero-order chi connectivity index (χ0) is 17.8. The Morgan fingerprint density at radius 2 is 2.20 bits per heavy atom. The van der Waals surface area contributed by atoms with Crippen LogP contribution in [0.4, 0.5) is 0 Å². The molecule has 2 aromatic rings. The van der Waals surface area contributed by atoms with Gasteiger partial charge in [0.1, 0.15) is 6.54 Å². The van der Waals surface area contributed by atoms with Crippen molar-refractivity contribution in [3.05, 3.63) is 36.0 Å². The van der Waals surface area contributed by atoms with E-state index in [0.29, 0.717) is 18.5 Å². The first kappa shape index (κ1) is 17.4. The second kappa shape index (κ2) is 7.67. The number of para-hydroxylation sites is 1. The number of carbonyl (C=O) groups excluding carboxylic acids is 1. The minimum absolute atomic E-state index is 0.0568. The van der Waals surface area contributed by atoms with Crippen molar-refractivity contribution in [3.63, 3.8) is 0 Å². The molecule has 1 amide bonds. The molecule has 0 spiro atoms. The number of benzene rings is 1. The monoisotopic (exact) mass is 346 g/mol. The Morgan fingerprint density at radius 3 is 2.96 bits per heavy atom. The first-order chi connectivity index (χ1) is 12.1. The number of hydrogen-bond acceptors (Lipinski definition) is 4. The summed E-state index contributed by atoms with van der Waals surface area (Å²) in [6, 6.07) is 7.16. The molecule has 1 saturated heterocycles. The van der Waals surface area contributed by atoms with Crippen LogP contribution in [0.15, 0.2) is 30.5 Å². The highest BCUT2D eigenvalue weighted by atomic mass is 16.5. The third-order valence-corrected chi connectivity index (χ3v) is 4.51. The smallest absolute Gasteiger partial charge is 0.337 e. The van der Waals surface area contributed by atoms with Gasteiger partial charge in [-0.2, -0.15) is 0 Å². The first-order valence-electron chi connectivity index (χ1n) is 8.30. The second-order valence-corrected chi connectivity index (χ2v) is 6.17. The molecule has 0 saturated carbocycles. The molecule has 3 rings (SSSR count). The number of aromatic nitrogens is 1. The summed E-state index contributed by atoms with van der Waals surface area (Å²) in [4.78, 5) is 23.6. The average Bonchev–Trinajstić information content (AvgIpc) is 2.99. The van der Waals surface area contributed by atoms with E-state index in [2.05, 4.69) is 5.32 Å². The number of nitrogens with zero attached hydrogens (tertiary/aromatic N) is 1. The van der Waals surface area contributed by atoms with Crippen LogP contribution in [0.2, 0.25) is 0 Å². The van der Waals surface area contributed by atoms with Crippen LogP contribution in [0, 0.1) is 0 Å². The minimum atomic E-state index is -1.00. The minimum Gasteiger partial charge on any atom is -0.478 e. The van der Waals surface area contributed by atoms with E-state index in [1.807, 2.05) is 12.1 Å². The van der Waals surface area contributed by atoms with Gasteiger partial charge in [0.05, 0.1) is 17.8 Å². The molecule has 1 fully saturated rings. The summed E-state index contributed by atoms with van der Waals surface area (Å²) in [5.41, 5.74) is 0.922. The van der Waals surface area contributed by atoms with Crippen LogP contribution < -0.4 is 5.32 Å². The normalized spacial score (nSPS) is 20.5. The van der Waals surface area contributed by atoms with E-state index in [1.54, 1.807) is 23.8 Å². The second-order valence-electron chi connectivity index (χ2n) is 6.17. The van der Waals surface area contributed by atoms with Crippen molar-refractivity contribution in [2.24, 2.45) is 0 Å². The highest BCUT2D eigenvalue weighted by Crippen LogP contribution is 2.21. The third-order valence-electron chi connectivity index (χ3n) is 4.51. The van der Waals surface area contributed by atoms with E-state index >= 15 is 0 Å². The molecule has 1 aromatic carbocycles. The molecule has 2 atom stereocenters. The molecule has 7 heteroatoms. The Hall–Kier alpha value is -2.38. The van der Waals surface area contributed by atoms with Crippen LogP contribution in [-0.2, 0) is 20.8 Å². The molecular weight excluding hydrogens is 324 g/mol. The molecule has 2 heterocycles. The molecule has 1 aliphatic rings. The Kier molecular flexibility index (Phi) is 5.35. The number of hydrogen-bond donors (Lipinski definition) is 2. The molecule has 1 aliphatic heterocycles. The number of carbonyl (C=O) groups is 2. The van der Waals surface area contributed by atoms with E-state index in [-0.39, 0.29) is 30.2 Å². The van der Waals surface area contributed by atoms with Crippen molar-refractivity contribution in [3.8, 4) is 0 Å². The quantitative estimate of drug-likeness (QED) is 0.830. The van der Waals surface area contributed by atoms with Gasteiger partial charge >= 0.3 is 5.97 Å². The van der Waals surface area contributed by atoms with Gasteiger partial charge < -0.3 is 24.5 Å². The predicted octanol–water partition coefficient (Wildman–Crippen LogP) is 1.65. The highest BCUT2D eigenvalue weighted by Gasteiger charge is 2.23. The number of rotatable bonds is 6. The largest absolute Gasteiger partial charge is 0.478 e. The van der Waals surface area contributed by atoms with Crippen molar-refractivity contribution in [2.75, 3.05) is 20.3 Å². The van der Waals surface area contributed by atoms with Gasteiger partial charge in [0, 0.05) is 43.8 Å². The van der Waals surface area contributed by atoms with E-state index in [1.165, 1.54) is 6.20 Å². The topological polar surface area (TPSA) is 89.8 Å². The zero-order valence-electron chi connectivity index (χ0n) is 14.1. The Labute approximate surface area is 145 Å². The fraction of sp³-hybridized carbons (Fsp3) is 0.444. The zero-order valence-corrected chi connectivity index (χ0v) is 14.1. The molecule has 134 valence electrons. The number of carboxylic acids is 1. The van der Waals surface area contributed by atoms with Gasteiger partial charge in [-0.1, -0.05) is 18.2 Å². The number of ether oxygens (including phenoxy) is 2. The summed E-state index contributed by atoms with van der Waals surface area (Å²) >= 11 is 0. The Balaban J connectivity index is 1.63. The molecule has 1 aromatic heterocycles. The van der Waals surface area contributed by atoms with Gasteiger partial charge in [-0.15, -0.1) is 0 Å². The average molecular weight is 346 g/mol. The van der Waals surface area contributed by atoms with Gasteiger partial charge in [-0.3, -0.25) is 4.79 Å². The lowest BCUT2D eigenvalue weighted by atomic mass is 10.1. The fourth-order valence-corrected chi connectivity index (χ4v) is 3.19. The molecule has 2 N–H and O–H groups in total. The van der Waals surface area contributed by atoms with E-state index in [0.717, 1.165) is 18.4 Å². The fourth-order valence-electron chi connectivity index (χ4n) is 3.19. The van der Waals surface area contributed by atoms with Crippen molar-refractivity contribution < 1.29 is 24.2 Å². The summed E-state index contributed by atoms with van der Waals surface area (Å²) in [5.74, 6) is -1.18. The van der Waals surface area contributed by atoms with Crippen molar-refractivity contribution in [1.29, 1.82) is 0 Å². The van der Waals surface area contributed by atoms with Gasteiger partial charge in [-0.25, -0.2) is 4.79 Å². The van der Waals surface area contributed by atoms with Crippen molar-refractivity contribution in [2.45, 2.75) is 31.6 Å². The Morgan fingerprint density at radius 1 is 1.40 bits per heavy atom. The molecule has 0 unspecified atom stereocenters. The first-order valence-corrected chi connectivity index (χ1v) is 8.30. The van der Waals surface area contributed by atoms with Gasteiger partial charge in [-0.05, 0) is 12.5 Å². The highest BCUT2D eigenvalue weighted by molar-refractivity contribution is 6.03. The lowest BCUT2D eigenvalue weighted by Gasteiger charge is -2.28. The van der Waals surface area contributed by atoms with Crippen LogP contribution in [0.25, 0.3) is 10.9 Å². The molecule has 0 aliphatic carbocycles. The maximum atomic E-state index is 12.3. The molecule has 7 nitrogen and oxygen atoms in total. The lowest BCUT2D eigenvalue weighted by Crippen LogP contribution is -2.40. The van der Waals surface area contributed by atoms with Crippen molar-refractivity contribution in [1.82, 2.24) is 9.88 Å². The lowest BCUT2D eigenvalue weighted by molar-refractivity contribution is -0.123. The van der Waals surface area contributed by atoms with Crippen LogP contribution >= 0.6 is 0 Å². The van der Waals surface area contributed by atoms with E-state index < -0.39 is 5.97 Å². The van der Waals surface area contributed by atoms with E-state index in [4.69, 9.17) is 9.47 Å². The molecule has 0 radical (unpaired) electrons. The maximum Gasteiger partial charge on any atom is 0.337 e.